The van der Waals surface area contributed by atoms with Crippen LogP contribution >= 0.6 is 24.0 Å². The Morgan fingerprint density at radius 3 is 2.36 bits per heavy atom. The third-order valence-electron chi connectivity index (χ3n) is 2.62. The molecule has 0 aromatic heterocycles. The van der Waals surface area contributed by atoms with Crippen molar-refractivity contribution in [2.75, 3.05) is 20.1 Å². The van der Waals surface area contributed by atoms with Crippen LogP contribution in [0.1, 0.15) is 12.0 Å². The smallest absolute Gasteiger partial charge is 0.356 e. The van der Waals surface area contributed by atoms with E-state index >= 15 is 0 Å². The molecule has 0 saturated heterocycles. The topological polar surface area (TPSA) is 36.4 Å². The highest BCUT2D eigenvalue weighted by Gasteiger charge is 2.26. The number of aliphatic imine (C=N–C) groups is 1. The van der Waals surface area contributed by atoms with Crippen molar-refractivity contribution in [2.45, 2.75) is 19.0 Å². The lowest BCUT2D eigenvalue weighted by Crippen LogP contribution is -2.39. The zero-order valence-electron chi connectivity index (χ0n) is 11.8. The molecule has 9 heteroatoms. The van der Waals surface area contributed by atoms with Gasteiger partial charge in [0.05, 0.1) is 6.42 Å². The fourth-order valence-electron chi connectivity index (χ4n) is 1.59. The van der Waals surface area contributed by atoms with Crippen molar-refractivity contribution >= 4 is 29.9 Å². The SMILES string of the molecule is CN=C(NCCc1cc(F)ccc1F)NCCC(F)(F)F.I. The average Bonchev–Trinajstić information content (AvgIpc) is 2.39. The van der Waals surface area contributed by atoms with Gasteiger partial charge in [0.25, 0.3) is 0 Å². The Bertz CT molecular complexity index is 491. The van der Waals surface area contributed by atoms with Gasteiger partial charge < -0.3 is 10.6 Å². The number of benzene rings is 1. The van der Waals surface area contributed by atoms with Gasteiger partial charge >= 0.3 is 6.18 Å². The summed E-state index contributed by atoms with van der Waals surface area (Å²) < 4.78 is 62.3. The van der Waals surface area contributed by atoms with Gasteiger partial charge in [-0.3, -0.25) is 4.99 Å². The van der Waals surface area contributed by atoms with E-state index in [0.29, 0.717) is 0 Å². The molecule has 1 aromatic rings. The summed E-state index contributed by atoms with van der Waals surface area (Å²) in [5.74, 6) is -0.895. The average molecular weight is 437 g/mol. The minimum Gasteiger partial charge on any atom is -0.356 e. The van der Waals surface area contributed by atoms with Crippen LogP contribution in [-0.2, 0) is 6.42 Å². The first kappa shape index (κ1) is 20.9. The first-order valence-corrected chi connectivity index (χ1v) is 6.27. The molecule has 2 N–H and O–H groups in total. The molecule has 0 atom stereocenters. The van der Waals surface area contributed by atoms with Gasteiger partial charge in [-0.1, -0.05) is 0 Å². The lowest BCUT2D eigenvalue weighted by atomic mass is 10.1. The number of nitrogens with one attached hydrogen (secondary N) is 2. The van der Waals surface area contributed by atoms with Crippen LogP contribution in [0.4, 0.5) is 22.0 Å². The third-order valence-corrected chi connectivity index (χ3v) is 2.62. The predicted molar refractivity (Wildman–Crippen MR) is 85.5 cm³/mol. The number of guanidine groups is 1. The maximum Gasteiger partial charge on any atom is 0.390 e. The molecule has 3 nitrogen and oxygen atoms in total. The summed E-state index contributed by atoms with van der Waals surface area (Å²) in [6.45, 7) is -0.0937. The second-order valence-corrected chi connectivity index (χ2v) is 4.28. The van der Waals surface area contributed by atoms with Gasteiger partial charge in [0.1, 0.15) is 11.6 Å². The Labute approximate surface area is 142 Å². The molecule has 0 aliphatic rings. The van der Waals surface area contributed by atoms with E-state index < -0.39 is 24.2 Å². The van der Waals surface area contributed by atoms with Gasteiger partial charge in [-0.2, -0.15) is 13.2 Å². The van der Waals surface area contributed by atoms with Gasteiger partial charge in [0, 0.05) is 20.1 Å². The van der Waals surface area contributed by atoms with E-state index in [0.717, 1.165) is 18.2 Å². The minimum atomic E-state index is -4.24. The molecule has 0 amide bonds. The maximum atomic E-state index is 13.3. The molecular formula is C13H17F5IN3. The fraction of sp³-hybridized carbons (Fsp3) is 0.462. The van der Waals surface area contributed by atoms with Crippen LogP contribution in [-0.4, -0.2) is 32.3 Å². The van der Waals surface area contributed by atoms with Gasteiger partial charge in [-0.05, 0) is 30.2 Å². The van der Waals surface area contributed by atoms with Gasteiger partial charge in [0.15, 0.2) is 5.96 Å². The Hall–Kier alpha value is -1.13. The first-order chi connectivity index (χ1) is 9.81. The number of rotatable bonds is 5. The molecule has 1 rings (SSSR count). The number of hydrogen-bond acceptors (Lipinski definition) is 1. The number of hydrogen-bond donors (Lipinski definition) is 2. The van der Waals surface area contributed by atoms with E-state index in [9.17, 15) is 22.0 Å². The van der Waals surface area contributed by atoms with Crippen LogP contribution < -0.4 is 10.6 Å². The van der Waals surface area contributed by atoms with Crippen molar-refractivity contribution in [3.05, 3.63) is 35.4 Å². The van der Waals surface area contributed by atoms with Crippen molar-refractivity contribution in [3.8, 4) is 0 Å². The molecule has 0 aliphatic carbocycles. The van der Waals surface area contributed by atoms with E-state index in [4.69, 9.17) is 0 Å². The standard InChI is InChI=1S/C13H16F5N3.HI/c1-19-12(21-7-5-13(16,17)18)20-6-4-9-8-10(14)2-3-11(9)15;/h2-3,8H,4-7H2,1H3,(H2,19,20,21);1H. The Morgan fingerprint density at radius 1 is 1.14 bits per heavy atom. The molecule has 0 bridgehead atoms. The van der Waals surface area contributed by atoms with Crippen molar-refractivity contribution in [1.29, 1.82) is 0 Å². The molecule has 0 unspecified atom stereocenters. The lowest BCUT2D eigenvalue weighted by Gasteiger charge is -2.13. The quantitative estimate of drug-likeness (QED) is 0.321. The summed E-state index contributed by atoms with van der Waals surface area (Å²) in [4.78, 5) is 3.74. The van der Waals surface area contributed by atoms with Crippen LogP contribution in [0.15, 0.2) is 23.2 Å². The van der Waals surface area contributed by atoms with Gasteiger partial charge in [-0.25, -0.2) is 8.78 Å². The van der Waals surface area contributed by atoms with Crippen LogP contribution in [0.25, 0.3) is 0 Å². The second kappa shape index (κ2) is 9.80. The van der Waals surface area contributed by atoms with E-state index in [1.807, 2.05) is 0 Å². The highest BCUT2D eigenvalue weighted by Crippen LogP contribution is 2.18. The van der Waals surface area contributed by atoms with Crippen molar-refractivity contribution < 1.29 is 22.0 Å². The highest BCUT2D eigenvalue weighted by atomic mass is 127. The summed E-state index contributed by atoms with van der Waals surface area (Å²) >= 11 is 0. The minimum absolute atomic E-state index is 0. The third kappa shape index (κ3) is 8.35. The van der Waals surface area contributed by atoms with Crippen molar-refractivity contribution in [2.24, 2.45) is 4.99 Å². The van der Waals surface area contributed by atoms with E-state index in [1.165, 1.54) is 7.05 Å². The van der Waals surface area contributed by atoms with Gasteiger partial charge in [0.2, 0.25) is 0 Å². The molecule has 0 aliphatic heterocycles. The van der Waals surface area contributed by atoms with E-state index in [2.05, 4.69) is 15.6 Å². The van der Waals surface area contributed by atoms with Gasteiger partial charge in [-0.15, -0.1) is 24.0 Å². The Kier molecular flexibility index (Phi) is 9.30. The molecule has 0 heterocycles. The molecule has 0 radical (unpaired) electrons. The summed E-state index contributed by atoms with van der Waals surface area (Å²) in [5, 5.41) is 5.22. The zero-order chi connectivity index (χ0) is 15.9. The molecular weight excluding hydrogens is 420 g/mol. The normalized spacial score (nSPS) is 11.8. The molecule has 126 valence electrons. The lowest BCUT2D eigenvalue weighted by molar-refractivity contribution is -0.132. The predicted octanol–water partition coefficient (Wildman–Crippen LogP) is 3.24. The van der Waals surface area contributed by atoms with Crippen molar-refractivity contribution in [3.63, 3.8) is 0 Å². The van der Waals surface area contributed by atoms with E-state index in [-0.39, 0.29) is 55.0 Å². The van der Waals surface area contributed by atoms with Crippen LogP contribution in [0.5, 0.6) is 0 Å². The Balaban J connectivity index is 0.00000441. The maximum absolute atomic E-state index is 13.3. The fourth-order valence-corrected chi connectivity index (χ4v) is 1.59. The van der Waals surface area contributed by atoms with Crippen LogP contribution in [0, 0.1) is 11.6 Å². The molecule has 0 spiro atoms. The molecule has 1 aromatic carbocycles. The summed E-state index contributed by atoms with van der Waals surface area (Å²) in [6, 6.07) is 3.13. The largest absolute Gasteiger partial charge is 0.390 e. The summed E-state index contributed by atoms with van der Waals surface area (Å²) in [7, 11) is 1.41. The summed E-state index contributed by atoms with van der Waals surface area (Å²) in [6.07, 6.45) is -5.04. The molecule has 0 saturated carbocycles. The molecule has 22 heavy (non-hydrogen) atoms. The van der Waals surface area contributed by atoms with Crippen molar-refractivity contribution in [1.82, 2.24) is 10.6 Å². The Morgan fingerprint density at radius 2 is 1.77 bits per heavy atom. The zero-order valence-corrected chi connectivity index (χ0v) is 14.1. The highest BCUT2D eigenvalue weighted by molar-refractivity contribution is 14.0. The monoisotopic (exact) mass is 437 g/mol. The number of alkyl halides is 3. The summed E-state index contributed by atoms with van der Waals surface area (Å²) in [5.41, 5.74) is 0.188. The number of nitrogens with zero attached hydrogens (tertiary/aromatic N) is 1. The first-order valence-electron chi connectivity index (χ1n) is 6.27. The molecule has 0 fully saturated rings. The van der Waals surface area contributed by atoms with Crippen LogP contribution in [0.2, 0.25) is 0 Å². The van der Waals surface area contributed by atoms with E-state index in [1.54, 1.807) is 0 Å². The number of halogens is 6. The second-order valence-electron chi connectivity index (χ2n) is 4.28. The van der Waals surface area contributed by atoms with Crippen LogP contribution in [0.3, 0.4) is 0 Å².